The molecule has 1 N–H and O–H groups in total. The molecular weight excluding hydrogens is 326 g/mol. The van der Waals surface area contributed by atoms with Gasteiger partial charge in [-0.3, -0.25) is 14.7 Å². The topological polar surface area (TPSA) is 56.7 Å². The number of nitrogens with zero attached hydrogens (tertiary/aromatic N) is 3. The number of pyridine rings is 1. The summed E-state index contributed by atoms with van der Waals surface area (Å²) in [4.78, 5) is 22.0. The van der Waals surface area contributed by atoms with E-state index in [-0.39, 0.29) is 17.9 Å². The van der Waals surface area contributed by atoms with Gasteiger partial charge in [0.05, 0.1) is 6.04 Å². The molecular formula is C21H23N3O2. The summed E-state index contributed by atoms with van der Waals surface area (Å²) in [5.41, 5.74) is 1.85. The fourth-order valence-electron chi connectivity index (χ4n) is 5.36. The van der Waals surface area contributed by atoms with Gasteiger partial charge in [0.2, 0.25) is 0 Å². The van der Waals surface area contributed by atoms with Crippen molar-refractivity contribution in [3.05, 3.63) is 59.9 Å². The van der Waals surface area contributed by atoms with Crippen molar-refractivity contribution >= 4 is 5.91 Å². The van der Waals surface area contributed by atoms with Crippen molar-refractivity contribution in [2.75, 3.05) is 19.6 Å². The van der Waals surface area contributed by atoms with Gasteiger partial charge in [-0.25, -0.2) is 0 Å². The summed E-state index contributed by atoms with van der Waals surface area (Å²) >= 11 is 0. The highest BCUT2D eigenvalue weighted by atomic mass is 16.3. The van der Waals surface area contributed by atoms with Gasteiger partial charge in [-0.05, 0) is 61.7 Å². The van der Waals surface area contributed by atoms with Crippen molar-refractivity contribution in [3.8, 4) is 5.75 Å². The van der Waals surface area contributed by atoms with Gasteiger partial charge < -0.3 is 10.0 Å². The number of aromatic hydroxyl groups is 1. The summed E-state index contributed by atoms with van der Waals surface area (Å²) in [5, 5.41) is 9.95. The molecule has 5 heterocycles. The van der Waals surface area contributed by atoms with E-state index in [9.17, 15) is 9.90 Å². The van der Waals surface area contributed by atoms with Crippen molar-refractivity contribution in [1.29, 1.82) is 0 Å². The molecule has 3 atom stereocenters. The van der Waals surface area contributed by atoms with Crippen molar-refractivity contribution in [1.82, 2.24) is 14.8 Å². The van der Waals surface area contributed by atoms with E-state index < -0.39 is 0 Å². The number of benzene rings is 1. The third-order valence-electron chi connectivity index (χ3n) is 6.48. The maximum Gasteiger partial charge on any atom is 0.254 e. The molecule has 4 aliphatic heterocycles. The quantitative estimate of drug-likeness (QED) is 0.905. The van der Waals surface area contributed by atoms with Crippen LogP contribution in [0.25, 0.3) is 0 Å². The minimum atomic E-state index is 0.110. The van der Waals surface area contributed by atoms with Crippen LogP contribution >= 0.6 is 0 Å². The summed E-state index contributed by atoms with van der Waals surface area (Å²) in [6.07, 6.45) is 5.72. The average molecular weight is 349 g/mol. The lowest BCUT2D eigenvalue weighted by Crippen LogP contribution is -2.60. The number of fused-ring (bicyclic) bond motifs is 2. The van der Waals surface area contributed by atoms with Crippen LogP contribution in [0.2, 0.25) is 0 Å². The van der Waals surface area contributed by atoms with Gasteiger partial charge in [0.1, 0.15) is 5.75 Å². The molecule has 6 rings (SSSR count). The highest BCUT2D eigenvalue weighted by molar-refractivity contribution is 5.94. The SMILES string of the molecule is O=C(c1ccncc1)N1C[C@@H](c2cccc(O)c2)[C@@H]2[C@H]1C1CCN2CC1. The Balaban J connectivity index is 1.54. The Morgan fingerprint density at radius 1 is 1.08 bits per heavy atom. The molecule has 5 nitrogen and oxygen atoms in total. The van der Waals surface area contributed by atoms with Crippen molar-refractivity contribution in [2.24, 2.45) is 5.92 Å². The van der Waals surface area contributed by atoms with Crippen LogP contribution in [-0.2, 0) is 0 Å². The number of phenols is 1. The minimum absolute atomic E-state index is 0.110. The number of hydrogen-bond donors (Lipinski definition) is 1. The second-order valence-electron chi connectivity index (χ2n) is 7.75. The number of aromatic nitrogens is 1. The zero-order chi connectivity index (χ0) is 17.7. The van der Waals surface area contributed by atoms with Crippen LogP contribution in [-0.4, -0.2) is 57.5 Å². The van der Waals surface area contributed by atoms with Gasteiger partial charge in [0, 0.05) is 36.5 Å². The zero-order valence-electron chi connectivity index (χ0n) is 14.7. The number of amides is 1. The average Bonchev–Trinajstić information content (AvgIpc) is 3.12. The number of likely N-dealkylation sites (tertiary alicyclic amines) is 1. The fourth-order valence-corrected chi connectivity index (χ4v) is 5.36. The minimum Gasteiger partial charge on any atom is -0.508 e. The van der Waals surface area contributed by atoms with Gasteiger partial charge in [-0.2, -0.15) is 0 Å². The van der Waals surface area contributed by atoms with Crippen LogP contribution in [0.5, 0.6) is 5.75 Å². The monoisotopic (exact) mass is 349 g/mol. The van der Waals surface area contributed by atoms with Crippen LogP contribution in [0.15, 0.2) is 48.8 Å². The lowest BCUT2D eigenvalue weighted by Gasteiger charge is -2.51. The summed E-state index contributed by atoms with van der Waals surface area (Å²) in [6, 6.07) is 11.8. The van der Waals surface area contributed by atoms with E-state index in [1.54, 1.807) is 30.6 Å². The number of hydrogen-bond acceptors (Lipinski definition) is 4. The number of phenolic OH excluding ortho intramolecular Hbond substituents is 1. The van der Waals surface area contributed by atoms with Crippen LogP contribution < -0.4 is 0 Å². The van der Waals surface area contributed by atoms with Crippen LogP contribution in [0, 0.1) is 5.92 Å². The third-order valence-corrected chi connectivity index (χ3v) is 6.48. The smallest absolute Gasteiger partial charge is 0.254 e. The summed E-state index contributed by atoms with van der Waals surface area (Å²) in [6.45, 7) is 2.96. The molecule has 26 heavy (non-hydrogen) atoms. The first-order valence-corrected chi connectivity index (χ1v) is 9.46. The molecule has 4 saturated heterocycles. The molecule has 0 radical (unpaired) electrons. The molecule has 1 aromatic carbocycles. The zero-order valence-corrected chi connectivity index (χ0v) is 14.7. The Labute approximate surface area is 153 Å². The second-order valence-corrected chi connectivity index (χ2v) is 7.75. The Bertz CT molecular complexity index is 817. The van der Waals surface area contributed by atoms with Gasteiger partial charge in [0.25, 0.3) is 5.91 Å². The summed E-state index contributed by atoms with van der Waals surface area (Å²) < 4.78 is 0. The Hall–Kier alpha value is -2.40. The highest BCUT2D eigenvalue weighted by Gasteiger charge is 2.54. The fraction of sp³-hybridized carbons (Fsp3) is 0.429. The molecule has 1 amide bonds. The van der Waals surface area contributed by atoms with Gasteiger partial charge >= 0.3 is 0 Å². The predicted octanol–water partition coefficient (Wildman–Crippen LogP) is 2.49. The standard InChI is InChI=1S/C21H23N3O2/c25-17-3-1-2-16(12-17)18-13-24(21(26)15-4-8-22-9-5-15)19-14-6-10-23(11-7-14)20(18)19/h1-5,8-9,12,14,18-20,25H,6-7,10-11,13H2/t18-,19+,20+/m0/s1. The van der Waals surface area contributed by atoms with Gasteiger partial charge in [0.15, 0.2) is 0 Å². The summed E-state index contributed by atoms with van der Waals surface area (Å²) in [5.74, 6) is 1.24. The van der Waals surface area contributed by atoms with E-state index in [4.69, 9.17) is 0 Å². The number of piperidine rings is 3. The molecule has 0 aliphatic carbocycles. The molecule has 0 saturated carbocycles. The summed E-state index contributed by atoms with van der Waals surface area (Å²) in [7, 11) is 0. The van der Waals surface area contributed by atoms with Crippen molar-refractivity contribution in [3.63, 3.8) is 0 Å². The number of carbonyl (C=O) groups is 1. The Kier molecular flexibility index (Phi) is 3.71. The van der Waals surface area contributed by atoms with Crippen LogP contribution in [0.1, 0.15) is 34.7 Å². The Morgan fingerprint density at radius 3 is 2.58 bits per heavy atom. The molecule has 0 spiro atoms. The van der Waals surface area contributed by atoms with E-state index in [0.29, 0.717) is 29.8 Å². The van der Waals surface area contributed by atoms with Crippen molar-refractivity contribution < 1.29 is 9.90 Å². The highest BCUT2D eigenvalue weighted by Crippen LogP contribution is 2.47. The van der Waals surface area contributed by atoms with E-state index in [1.165, 1.54) is 12.8 Å². The predicted molar refractivity (Wildman–Crippen MR) is 98.0 cm³/mol. The first-order chi connectivity index (χ1) is 12.7. The van der Waals surface area contributed by atoms with E-state index in [2.05, 4.69) is 20.9 Å². The normalized spacial score (nSPS) is 32.5. The van der Waals surface area contributed by atoms with Crippen molar-refractivity contribution in [2.45, 2.75) is 30.8 Å². The maximum absolute atomic E-state index is 13.3. The number of rotatable bonds is 2. The molecule has 1 aromatic heterocycles. The maximum atomic E-state index is 13.3. The third kappa shape index (κ3) is 2.42. The van der Waals surface area contributed by atoms with Crippen LogP contribution in [0.3, 0.4) is 0 Å². The second kappa shape index (κ2) is 6.09. The molecule has 4 aliphatic rings. The molecule has 2 aromatic rings. The van der Waals surface area contributed by atoms with E-state index in [0.717, 1.165) is 18.7 Å². The van der Waals surface area contributed by atoms with Gasteiger partial charge in [-0.15, -0.1) is 0 Å². The molecule has 2 bridgehead atoms. The van der Waals surface area contributed by atoms with E-state index >= 15 is 0 Å². The number of carbonyl (C=O) groups excluding carboxylic acids is 1. The molecule has 0 unspecified atom stereocenters. The molecule has 4 fully saturated rings. The van der Waals surface area contributed by atoms with Crippen LogP contribution in [0.4, 0.5) is 0 Å². The first-order valence-electron chi connectivity index (χ1n) is 9.46. The Morgan fingerprint density at radius 2 is 1.85 bits per heavy atom. The molecule has 134 valence electrons. The largest absolute Gasteiger partial charge is 0.508 e. The first kappa shape index (κ1) is 15.8. The lowest BCUT2D eigenvalue weighted by molar-refractivity contribution is -0.00342. The lowest BCUT2D eigenvalue weighted by atomic mass is 9.75. The van der Waals surface area contributed by atoms with Gasteiger partial charge in [-0.1, -0.05) is 12.1 Å². The molecule has 5 heteroatoms. The van der Waals surface area contributed by atoms with E-state index in [1.807, 2.05) is 12.1 Å².